The lowest BCUT2D eigenvalue weighted by atomic mass is 9.97. The van der Waals surface area contributed by atoms with Crippen LogP contribution < -0.4 is 0 Å². The third-order valence-electron chi connectivity index (χ3n) is 12.5. The van der Waals surface area contributed by atoms with Gasteiger partial charge in [0.1, 0.15) is 11.6 Å². The highest BCUT2D eigenvalue weighted by molar-refractivity contribution is 6.12. The summed E-state index contributed by atoms with van der Waals surface area (Å²) in [7, 11) is 0. The van der Waals surface area contributed by atoms with Gasteiger partial charge in [0.05, 0.1) is 44.8 Å². The van der Waals surface area contributed by atoms with Crippen molar-refractivity contribution in [3.8, 4) is 62.2 Å². The van der Waals surface area contributed by atoms with Gasteiger partial charge in [-0.25, -0.2) is 4.98 Å². The fourth-order valence-corrected chi connectivity index (χ4v) is 9.67. The van der Waals surface area contributed by atoms with Crippen molar-refractivity contribution in [1.29, 1.82) is 5.26 Å². The second-order valence-electron chi connectivity index (χ2n) is 16.6. The lowest BCUT2D eigenvalue weighted by Crippen LogP contribution is -2.05. The molecule has 3 aromatic heterocycles. The van der Waals surface area contributed by atoms with Crippen LogP contribution in [0.2, 0.25) is 0 Å². The van der Waals surface area contributed by atoms with Gasteiger partial charge in [0.2, 0.25) is 0 Å². The maximum Gasteiger partial charge on any atom is 0.104 e. The molecule has 4 nitrogen and oxygen atoms in total. The third kappa shape index (κ3) is 6.01. The zero-order valence-corrected chi connectivity index (χ0v) is 35.1. The van der Waals surface area contributed by atoms with Crippen molar-refractivity contribution in [2.45, 2.75) is 27.7 Å². The Bertz CT molecular complexity index is 3440. The molecule has 0 saturated heterocycles. The van der Waals surface area contributed by atoms with Crippen molar-refractivity contribution < 1.29 is 0 Å². The Kier molecular flexibility index (Phi) is 8.73. The summed E-state index contributed by atoms with van der Waals surface area (Å²) in [5.74, 6) is 0. The number of fused-ring (bicyclic) bond motifs is 6. The van der Waals surface area contributed by atoms with Crippen LogP contribution in [0, 0.1) is 39.0 Å². The Morgan fingerprint density at radius 2 is 0.855 bits per heavy atom. The zero-order valence-electron chi connectivity index (χ0n) is 35.1. The summed E-state index contributed by atoms with van der Waals surface area (Å²) in [6.07, 6.45) is 0. The predicted molar refractivity (Wildman–Crippen MR) is 258 cm³/mol. The van der Waals surface area contributed by atoms with Crippen molar-refractivity contribution in [3.63, 3.8) is 0 Å². The molecule has 0 atom stereocenters. The highest BCUT2D eigenvalue weighted by Gasteiger charge is 2.23. The molecule has 0 amide bonds. The van der Waals surface area contributed by atoms with Gasteiger partial charge < -0.3 is 9.13 Å². The number of benzene rings is 8. The lowest BCUT2D eigenvalue weighted by Gasteiger charge is -2.18. The molecule has 0 saturated carbocycles. The highest BCUT2D eigenvalue weighted by Crippen LogP contribution is 2.42. The zero-order chi connectivity index (χ0) is 42.1. The molecule has 0 spiro atoms. The molecule has 0 bridgehead atoms. The molecule has 0 fully saturated rings. The average Bonchev–Trinajstić information content (AvgIpc) is 3.81. The van der Waals surface area contributed by atoms with Gasteiger partial charge in [0.15, 0.2) is 0 Å². The molecular formula is C58H42N4. The molecule has 0 N–H and O–H groups in total. The van der Waals surface area contributed by atoms with Crippen LogP contribution in [0.3, 0.4) is 0 Å². The maximum absolute atomic E-state index is 11.5. The quantitative estimate of drug-likeness (QED) is 0.168. The number of pyridine rings is 1. The Labute approximate surface area is 361 Å². The second-order valence-corrected chi connectivity index (χ2v) is 16.6. The largest absolute Gasteiger partial charge is 0.308 e. The molecule has 0 radical (unpaired) electrons. The fraction of sp³-hybridized carbons (Fsp3) is 0.0690. The Hall–Kier alpha value is -8.00. The van der Waals surface area contributed by atoms with Crippen LogP contribution in [0.5, 0.6) is 0 Å². The molecule has 11 aromatic rings. The number of nitriles is 1. The first-order valence-electron chi connectivity index (χ1n) is 21.2. The Morgan fingerprint density at radius 1 is 0.387 bits per heavy atom. The molecule has 0 aliphatic carbocycles. The summed E-state index contributed by atoms with van der Waals surface area (Å²) < 4.78 is 4.57. The van der Waals surface area contributed by atoms with Gasteiger partial charge >= 0.3 is 0 Å². The average molecular weight is 795 g/mol. The molecule has 62 heavy (non-hydrogen) atoms. The Morgan fingerprint density at radius 3 is 1.35 bits per heavy atom. The molecule has 0 aliphatic rings. The van der Waals surface area contributed by atoms with E-state index < -0.39 is 0 Å². The van der Waals surface area contributed by atoms with Crippen molar-refractivity contribution >= 4 is 43.6 Å². The summed E-state index contributed by atoms with van der Waals surface area (Å²) in [6.45, 7) is 8.64. The molecule has 0 aliphatic heterocycles. The SMILES string of the molecule is Cc1ccc(-c2ccc3c(c2)c2ccccc2n3-c2cc(-c3cccc(-c4ccccc4)n3)cc(-n3c4ccccc4c4cc(-c5ccc(C)cc5C)ccc43)c2C#N)c(C)c1. The minimum absolute atomic E-state index is 0.579. The van der Waals surface area contributed by atoms with Crippen LogP contribution in [0.15, 0.2) is 182 Å². The van der Waals surface area contributed by atoms with Gasteiger partial charge in [-0.05, 0) is 122 Å². The molecule has 294 valence electrons. The smallest absolute Gasteiger partial charge is 0.104 e. The standard InChI is InChI=1S/C58H42N4/c1-36-21-25-44(38(3)29-36)41-23-27-55-48(31-41)46-15-8-10-19-53(46)61(55)57-33-43(52-18-12-17-51(60-52)40-13-6-5-7-14-40)34-58(50(57)35-59)62-54-20-11-9-16-47(54)49-32-42(24-28-56(49)62)45-26-22-37(2)30-39(45)4/h5-34H,1-4H3. The number of nitrogens with zero attached hydrogens (tertiary/aromatic N) is 4. The number of aromatic nitrogens is 3. The van der Waals surface area contributed by atoms with Gasteiger partial charge in [-0.15, -0.1) is 0 Å². The van der Waals surface area contributed by atoms with Crippen LogP contribution in [-0.4, -0.2) is 14.1 Å². The fourth-order valence-electron chi connectivity index (χ4n) is 9.67. The van der Waals surface area contributed by atoms with Crippen LogP contribution in [-0.2, 0) is 0 Å². The third-order valence-corrected chi connectivity index (χ3v) is 12.5. The summed E-state index contributed by atoms with van der Waals surface area (Å²) in [5.41, 5.74) is 19.8. The second kappa shape index (κ2) is 14.6. The van der Waals surface area contributed by atoms with E-state index >= 15 is 0 Å². The minimum Gasteiger partial charge on any atom is -0.308 e. The number of aryl methyl sites for hydroxylation is 4. The number of para-hydroxylation sites is 2. The van der Waals surface area contributed by atoms with Gasteiger partial charge in [-0.3, -0.25) is 0 Å². The first-order valence-corrected chi connectivity index (χ1v) is 21.2. The van der Waals surface area contributed by atoms with E-state index in [1.165, 1.54) is 44.5 Å². The topological polar surface area (TPSA) is 46.5 Å². The van der Waals surface area contributed by atoms with E-state index in [1.807, 2.05) is 18.2 Å². The molecule has 11 rings (SSSR count). The van der Waals surface area contributed by atoms with Gasteiger partial charge in [0.25, 0.3) is 0 Å². The van der Waals surface area contributed by atoms with E-state index in [4.69, 9.17) is 4.98 Å². The number of hydrogen-bond donors (Lipinski definition) is 0. The normalized spacial score (nSPS) is 11.5. The van der Waals surface area contributed by atoms with E-state index in [9.17, 15) is 5.26 Å². The van der Waals surface area contributed by atoms with E-state index in [2.05, 4.69) is 207 Å². The van der Waals surface area contributed by atoms with Crippen LogP contribution >= 0.6 is 0 Å². The van der Waals surface area contributed by atoms with Crippen molar-refractivity contribution in [2.24, 2.45) is 0 Å². The molecule has 8 aromatic carbocycles. The Balaban J connectivity index is 1.22. The van der Waals surface area contributed by atoms with E-state index in [0.717, 1.165) is 77.5 Å². The predicted octanol–water partition coefficient (Wildman–Crippen LogP) is 15.0. The first-order chi connectivity index (χ1) is 30.3. The van der Waals surface area contributed by atoms with Gasteiger partial charge in [0, 0.05) is 32.7 Å². The van der Waals surface area contributed by atoms with Gasteiger partial charge in [-0.2, -0.15) is 5.26 Å². The van der Waals surface area contributed by atoms with Crippen molar-refractivity contribution in [3.05, 3.63) is 210 Å². The maximum atomic E-state index is 11.5. The molecule has 0 unspecified atom stereocenters. The lowest BCUT2D eigenvalue weighted by molar-refractivity contribution is 1.12. The van der Waals surface area contributed by atoms with E-state index in [-0.39, 0.29) is 0 Å². The number of hydrogen-bond acceptors (Lipinski definition) is 2. The van der Waals surface area contributed by atoms with Crippen molar-refractivity contribution in [2.75, 3.05) is 0 Å². The van der Waals surface area contributed by atoms with Crippen molar-refractivity contribution in [1.82, 2.24) is 14.1 Å². The van der Waals surface area contributed by atoms with E-state index in [1.54, 1.807) is 0 Å². The van der Waals surface area contributed by atoms with Crippen LogP contribution in [0.25, 0.3) is 99.8 Å². The molecular weight excluding hydrogens is 753 g/mol. The van der Waals surface area contributed by atoms with E-state index in [0.29, 0.717) is 5.56 Å². The highest BCUT2D eigenvalue weighted by atomic mass is 15.0. The number of rotatable bonds is 6. The summed E-state index contributed by atoms with van der Waals surface area (Å²) in [5, 5.41) is 16.1. The van der Waals surface area contributed by atoms with Crippen LogP contribution in [0.4, 0.5) is 0 Å². The summed E-state index contributed by atoms with van der Waals surface area (Å²) >= 11 is 0. The summed E-state index contributed by atoms with van der Waals surface area (Å²) in [6, 6.07) is 67.5. The molecule has 4 heteroatoms. The first kappa shape index (κ1) is 37.0. The monoisotopic (exact) mass is 794 g/mol. The van der Waals surface area contributed by atoms with Gasteiger partial charge in [-0.1, -0.05) is 132 Å². The van der Waals surface area contributed by atoms with Crippen LogP contribution in [0.1, 0.15) is 27.8 Å². The minimum atomic E-state index is 0.579. The summed E-state index contributed by atoms with van der Waals surface area (Å²) in [4.78, 5) is 5.28. The molecule has 3 heterocycles.